The van der Waals surface area contributed by atoms with Gasteiger partial charge in [0.05, 0.1) is 10.5 Å². The van der Waals surface area contributed by atoms with Crippen molar-refractivity contribution in [3.05, 3.63) is 56.6 Å². The Morgan fingerprint density at radius 3 is 2.84 bits per heavy atom. The first-order valence-electron chi connectivity index (χ1n) is 8.28. The fourth-order valence-electron chi connectivity index (χ4n) is 3.09. The third-order valence-electron chi connectivity index (χ3n) is 4.32. The number of benzene rings is 1. The first-order chi connectivity index (χ1) is 12.2. The molecule has 8 heteroatoms. The Kier molecular flexibility index (Phi) is 5.49. The van der Waals surface area contributed by atoms with Crippen LogP contribution in [0.25, 0.3) is 6.08 Å². The van der Waals surface area contributed by atoms with Crippen molar-refractivity contribution in [1.82, 2.24) is 14.9 Å². The van der Waals surface area contributed by atoms with Gasteiger partial charge in [0, 0.05) is 18.2 Å². The molecule has 1 aliphatic carbocycles. The number of allylic oxidation sites excluding steroid dienone is 1. The first-order valence-corrected chi connectivity index (χ1v) is 8.69. The molecule has 0 aliphatic heterocycles. The third kappa shape index (κ3) is 4.08. The van der Waals surface area contributed by atoms with Crippen molar-refractivity contribution in [2.75, 3.05) is 0 Å². The quantitative estimate of drug-likeness (QED) is 0.371. The van der Waals surface area contributed by atoms with Gasteiger partial charge in [-0.05, 0) is 43.3 Å². The number of nitrogens with one attached hydrogen (secondary N) is 1. The second-order valence-electron chi connectivity index (χ2n) is 5.97. The van der Waals surface area contributed by atoms with Gasteiger partial charge in [0.25, 0.3) is 5.69 Å². The minimum atomic E-state index is -0.399. The van der Waals surface area contributed by atoms with E-state index in [9.17, 15) is 10.1 Å². The zero-order valence-electron chi connectivity index (χ0n) is 13.7. The maximum atomic E-state index is 11.0. The van der Waals surface area contributed by atoms with Crippen LogP contribution in [0, 0.1) is 14.9 Å². The van der Waals surface area contributed by atoms with Gasteiger partial charge in [0.1, 0.15) is 0 Å². The van der Waals surface area contributed by atoms with E-state index in [4.69, 9.17) is 12.2 Å². The summed E-state index contributed by atoms with van der Waals surface area (Å²) in [7, 11) is 0. The van der Waals surface area contributed by atoms with Crippen LogP contribution in [0.15, 0.2) is 35.4 Å². The molecular formula is C17H19N5O2S. The number of hydrogen-bond donors (Lipinski definition) is 1. The molecule has 0 atom stereocenters. The lowest BCUT2D eigenvalue weighted by Gasteiger charge is -2.19. The lowest BCUT2D eigenvalue weighted by molar-refractivity contribution is -0.385. The minimum Gasteiger partial charge on any atom is -0.258 e. The fourth-order valence-corrected chi connectivity index (χ4v) is 3.27. The molecule has 3 rings (SSSR count). The number of para-hydroxylation sites is 1. The van der Waals surface area contributed by atoms with Crippen molar-refractivity contribution < 1.29 is 4.92 Å². The van der Waals surface area contributed by atoms with Crippen LogP contribution in [0.2, 0.25) is 0 Å². The van der Waals surface area contributed by atoms with Crippen molar-refractivity contribution in [1.29, 1.82) is 0 Å². The number of nitro groups is 1. The van der Waals surface area contributed by atoms with Crippen LogP contribution in [0.5, 0.6) is 0 Å². The van der Waals surface area contributed by atoms with Gasteiger partial charge >= 0.3 is 0 Å². The smallest absolute Gasteiger partial charge is 0.258 e. The Morgan fingerprint density at radius 2 is 2.08 bits per heavy atom. The maximum Gasteiger partial charge on any atom is 0.276 e. The average Bonchev–Trinajstić information content (AvgIpc) is 3.00. The minimum absolute atomic E-state index is 0.0648. The number of H-pyrrole nitrogens is 1. The molecule has 1 fully saturated rings. The summed E-state index contributed by atoms with van der Waals surface area (Å²) in [6.45, 7) is 0. The number of nitro benzene ring substituents is 1. The monoisotopic (exact) mass is 357 g/mol. The highest BCUT2D eigenvalue weighted by atomic mass is 32.1. The van der Waals surface area contributed by atoms with Crippen LogP contribution in [0.1, 0.15) is 49.4 Å². The molecule has 1 aliphatic rings. The molecule has 0 spiro atoms. The van der Waals surface area contributed by atoms with Gasteiger partial charge in [-0.1, -0.05) is 31.4 Å². The standard InChI is InChI=1S/C17H19N5O2S/c23-22(24)15-11-5-4-7-13(15)10-6-12-18-21-16(19-20-17(21)25)14-8-2-1-3-9-14/h4-7,10-12,14H,1-3,8-9H2,(H,20,25)/b10-6+,18-12-. The lowest BCUT2D eigenvalue weighted by Crippen LogP contribution is -2.10. The normalized spacial score (nSPS) is 16.0. The molecule has 1 saturated carbocycles. The van der Waals surface area contributed by atoms with E-state index in [1.807, 2.05) is 0 Å². The fraction of sp³-hybridized carbons (Fsp3) is 0.353. The summed E-state index contributed by atoms with van der Waals surface area (Å²) < 4.78 is 2.10. The summed E-state index contributed by atoms with van der Waals surface area (Å²) in [6.07, 6.45) is 10.8. The summed E-state index contributed by atoms with van der Waals surface area (Å²) in [6, 6.07) is 6.57. The molecule has 25 heavy (non-hydrogen) atoms. The van der Waals surface area contributed by atoms with E-state index in [1.54, 1.807) is 41.2 Å². The van der Waals surface area contributed by atoms with Gasteiger partial charge in [0.2, 0.25) is 4.77 Å². The number of hydrogen-bond acceptors (Lipinski definition) is 5. The molecule has 0 amide bonds. The Bertz CT molecular complexity index is 862. The van der Waals surface area contributed by atoms with Crippen LogP contribution in [-0.4, -0.2) is 26.0 Å². The highest BCUT2D eigenvalue weighted by Gasteiger charge is 2.21. The topological polar surface area (TPSA) is 89.1 Å². The highest BCUT2D eigenvalue weighted by Crippen LogP contribution is 2.31. The van der Waals surface area contributed by atoms with Crippen LogP contribution in [-0.2, 0) is 0 Å². The van der Waals surface area contributed by atoms with E-state index >= 15 is 0 Å². The van der Waals surface area contributed by atoms with Crippen molar-refractivity contribution in [2.45, 2.75) is 38.0 Å². The Morgan fingerprint density at radius 1 is 1.32 bits per heavy atom. The van der Waals surface area contributed by atoms with Crippen LogP contribution in [0.3, 0.4) is 0 Å². The van der Waals surface area contributed by atoms with E-state index in [0.717, 1.165) is 18.7 Å². The van der Waals surface area contributed by atoms with Gasteiger partial charge < -0.3 is 0 Å². The van der Waals surface area contributed by atoms with E-state index in [2.05, 4.69) is 15.3 Å². The number of nitrogens with zero attached hydrogens (tertiary/aromatic N) is 4. The van der Waals surface area contributed by atoms with Crippen LogP contribution in [0.4, 0.5) is 5.69 Å². The van der Waals surface area contributed by atoms with Gasteiger partial charge in [-0.15, -0.1) is 0 Å². The third-order valence-corrected chi connectivity index (χ3v) is 4.59. The summed E-state index contributed by atoms with van der Waals surface area (Å²) in [4.78, 5) is 10.6. The predicted molar refractivity (Wildman–Crippen MR) is 99.3 cm³/mol. The molecule has 0 bridgehead atoms. The Balaban J connectivity index is 1.78. The van der Waals surface area contributed by atoms with E-state index < -0.39 is 4.92 Å². The van der Waals surface area contributed by atoms with Gasteiger partial charge in [0.15, 0.2) is 5.82 Å². The van der Waals surface area contributed by atoms with E-state index in [1.165, 1.54) is 25.3 Å². The summed E-state index contributed by atoms with van der Waals surface area (Å²) in [5.74, 6) is 1.23. The molecule has 1 aromatic carbocycles. The Labute approximate surface area is 150 Å². The van der Waals surface area contributed by atoms with Gasteiger partial charge in [-0.25, -0.2) is 0 Å². The molecule has 0 radical (unpaired) electrons. The molecular weight excluding hydrogens is 338 g/mol. The number of rotatable bonds is 5. The second-order valence-corrected chi connectivity index (χ2v) is 6.36. The predicted octanol–water partition coefficient (Wildman–Crippen LogP) is 4.44. The molecule has 7 nitrogen and oxygen atoms in total. The van der Waals surface area contributed by atoms with Crippen molar-refractivity contribution >= 4 is 30.2 Å². The van der Waals surface area contributed by atoms with Crippen LogP contribution >= 0.6 is 12.2 Å². The summed E-state index contributed by atoms with van der Waals surface area (Å²) in [5, 5.41) is 22.5. The van der Waals surface area contributed by atoms with Crippen molar-refractivity contribution in [3.63, 3.8) is 0 Å². The Hall–Kier alpha value is -2.61. The summed E-state index contributed by atoms with van der Waals surface area (Å²) >= 11 is 5.26. The molecule has 1 aromatic heterocycles. The van der Waals surface area contributed by atoms with Crippen molar-refractivity contribution in [3.8, 4) is 0 Å². The second kappa shape index (κ2) is 7.98. The van der Waals surface area contributed by atoms with Gasteiger partial charge in [-0.2, -0.15) is 14.9 Å². The lowest BCUT2D eigenvalue weighted by atomic mass is 9.89. The molecule has 1 heterocycles. The molecule has 0 unspecified atom stereocenters. The molecule has 130 valence electrons. The average molecular weight is 357 g/mol. The summed E-state index contributed by atoms with van der Waals surface area (Å²) in [5.41, 5.74) is 0.595. The van der Waals surface area contributed by atoms with Gasteiger partial charge in [-0.3, -0.25) is 15.2 Å². The first kappa shape index (κ1) is 17.2. The van der Waals surface area contributed by atoms with E-state index in [0.29, 0.717) is 16.3 Å². The molecule has 2 aromatic rings. The number of aromatic nitrogens is 3. The molecule has 1 N–H and O–H groups in total. The largest absolute Gasteiger partial charge is 0.276 e. The van der Waals surface area contributed by atoms with E-state index in [-0.39, 0.29) is 5.69 Å². The van der Waals surface area contributed by atoms with Crippen molar-refractivity contribution in [2.24, 2.45) is 5.10 Å². The number of aromatic amines is 1. The highest BCUT2D eigenvalue weighted by molar-refractivity contribution is 7.71. The molecule has 0 saturated heterocycles. The van der Waals surface area contributed by atoms with Crippen LogP contribution < -0.4 is 0 Å². The zero-order valence-corrected chi connectivity index (χ0v) is 14.5. The SMILES string of the molecule is O=[N+]([O-])c1ccccc1/C=C/C=N\n1c(C2CCCCC2)n[nH]c1=S. The maximum absolute atomic E-state index is 11.0. The zero-order chi connectivity index (χ0) is 17.6.